The largest absolute Gasteiger partial charge is 0.454 e. The number of nitrogens with zero attached hydrogens (tertiary/aromatic N) is 1. The van der Waals surface area contributed by atoms with E-state index in [2.05, 4.69) is 43.2 Å². The van der Waals surface area contributed by atoms with Crippen molar-refractivity contribution >= 4 is 5.69 Å². The summed E-state index contributed by atoms with van der Waals surface area (Å²) in [5, 5.41) is 3.26. The van der Waals surface area contributed by atoms with Gasteiger partial charge in [-0.3, -0.25) is 0 Å². The molecular weight excluding hydrogens is 240 g/mol. The van der Waals surface area contributed by atoms with E-state index in [0.29, 0.717) is 12.7 Å². The van der Waals surface area contributed by atoms with Crippen molar-refractivity contribution in [1.29, 1.82) is 0 Å². The first-order valence-electron chi connectivity index (χ1n) is 6.91. The molecule has 0 radical (unpaired) electrons. The van der Waals surface area contributed by atoms with Gasteiger partial charge in [-0.25, -0.2) is 0 Å². The lowest BCUT2D eigenvalue weighted by Gasteiger charge is -2.26. The van der Waals surface area contributed by atoms with Gasteiger partial charge in [0.1, 0.15) is 0 Å². The molecule has 4 heteroatoms. The van der Waals surface area contributed by atoms with Crippen LogP contribution in [-0.2, 0) is 0 Å². The van der Waals surface area contributed by atoms with E-state index in [4.69, 9.17) is 9.47 Å². The van der Waals surface area contributed by atoms with Crippen LogP contribution < -0.4 is 19.7 Å². The van der Waals surface area contributed by atoms with Crippen LogP contribution in [0.4, 0.5) is 5.69 Å². The molecule has 4 nitrogen and oxygen atoms in total. The summed E-state index contributed by atoms with van der Waals surface area (Å²) >= 11 is 0. The summed E-state index contributed by atoms with van der Waals surface area (Å²) in [5.74, 6) is 2.37. The number of anilines is 1. The van der Waals surface area contributed by atoms with Crippen LogP contribution in [0, 0.1) is 12.8 Å². The Labute approximate surface area is 115 Å². The van der Waals surface area contributed by atoms with E-state index in [-0.39, 0.29) is 0 Å². The molecule has 0 amide bonds. The minimum Gasteiger partial charge on any atom is -0.454 e. The van der Waals surface area contributed by atoms with Crippen molar-refractivity contribution in [3.8, 4) is 11.5 Å². The van der Waals surface area contributed by atoms with Crippen molar-refractivity contribution in [2.24, 2.45) is 5.92 Å². The van der Waals surface area contributed by atoms with Gasteiger partial charge in [0.05, 0.1) is 0 Å². The number of rotatable bonds is 6. The van der Waals surface area contributed by atoms with Crippen molar-refractivity contribution in [1.82, 2.24) is 5.32 Å². The van der Waals surface area contributed by atoms with Crippen molar-refractivity contribution in [3.63, 3.8) is 0 Å². The molecule has 19 heavy (non-hydrogen) atoms. The summed E-state index contributed by atoms with van der Waals surface area (Å²) in [6.45, 7) is 6.77. The third-order valence-corrected chi connectivity index (χ3v) is 3.70. The zero-order chi connectivity index (χ0) is 13.8. The third kappa shape index (κ3) is 3.13. The van der Waals surface area contributed by atoms with Gasteiger partial charge in [-0.15, -0.1) is 0 Å². The quantitative estimate of drug-likeness (QED) is 0.855. The number of nitrogens with one attached hydrogen (secondary N) is 1. The average Bonchev–Trinajstić information content (AvgIpc) is 2.84. The Kier molecular flexibility index (Phi) is 4.53. The summed E-state index contributed by atoms with van der Waals surface area (Å²) in [5.41, 5.74) is 2.45. The molecule has 1 aliphatic heterocycles. The fourth-order valence-corrected chi connectivity index (χ4v) is 2.56. The van der Waals surface area contributed by atoms with E-state index >= 15 is 0 Å². The Morgan fingerprint density at radius 3 is 2.63 bits per heavy atom. The maximum absolute atomic E-state index is 5.46. The topological polar surface area (TPSA) is 33.7 Å². The van der Waals surface area contributed by atoms with Crippen LogP contribution in [0.1, 0.15) is 18.9 Å². The molecule has 0 bridgehead atoms. The SMILES string of the molecule is CCC(CNC)CN(C)c1cc2c(cc1C)OCO2. The van der Waals surface area contributed by atoms with Gasteiger partial charge in [0.15, 0.2) is 11.5 Å². The molecule has 1 aliphatic rings. The fourth-order valence-electron chi connectivity index (χ4n) is 2.56. The maximum Gasteiger partial charge on any atom is 0.231 e. The molecule has 0 fully saturated rings. The Morgan fingerprint density at radius 1 is 1.32 bits per heavy atom. The van der Waals surface area contributed by atoms with Gasteiger partial charge in [0, 0.05) is 25.3 Å². The molecule has 0 aromatic heterocycles. The first kappa shape index (κ1) is 14.0. The normalized spacial score (nSPS) is 14.5. The zero-order valence-electron chi connectivity index (χ0n) is 12.3. The number of hydrogen-bond acceptors (Lipinski definition) is 4. The molecule has 0 saturated carbocycles. The van der Waals surface area contributed by atoms with E-state index in [1.807, 2.05) is 7.05 Å². The minimum atomic E-state index is 0.333. The Morgan fingerprint density at radius 2 is 2.00 bits per heavy atom. The van der Waals surface area contributed by atoms with Crippen molar-refractivity contribution in [2.75, 3.05) is 38.9 Å². The first-order valence-corrected chi connectivity index (χ1v) is 6.91. The molecule has 2 rings (SSSR count). The number of aryl methyl sites for hydroxylation is 1. The smallest absolute Gasteiger partial charge is 0.231 e. The van der Waals surface area contributed by atoms with Gasteiger partial charge in [-0.2, -0.15) is 0 Å². The zero-order valence-corrected chi connectivity index (χ0v) is 12.3. The first-order chi connectivity index (χ1) is 9.15. The lowest BCUT2D eigenvalue weighted by molar-refractivity contribution is 0.174. The van der Waals surface area contributed by atoms with Crippen LogP contribution in [0.15, 0.2) is 12.1 Å². The van der Waals surface area contributed by atoms with Gasteiger partial charge in [0.2, 0.25) is 6.79 Å². The summed E-state index contributed by atoms with van der Waals surface area (Å²) in [7, 11) is 4.15. The molecule has 1 N–H and O–H groups in total. The van der Waals surface area contributed by atoms with Crippen molar-refractivity contribution < 1.29 is 9.47 Å². The predicted octanol–water partition coefficient (Wildman–Crippen LogP) is 2.41. The summed E-state index contributed by atoms with van der Waals surface area (Å²) in [6.07, 6.45) is 1.18. The molecule has 0 saturated heterocycles. The van der Waals surface area contributed by atoms with Crippen LogP contribution in [0.3, 0.4) is 0 Å². The highest BCUT2D eigenvalue weighted by Crippen LogP contribution is 2.37. The lowest BCUT2D eigenvalue weighted by Crippen LogP contribution is -2.31. The fraction of sp³-hybridized carbons (Fsp3) is 0.600. The highest BCUT2D eigenvalue weighted by Gasteiger charge is 2.18. The van der Waals surface area contributed by atoms with Crippen molar-refractivity contribution in [3.05, 3.63) is 17.7 Å². The van der Waals surface area contributed by atoms with Gasteiger partial charge in [-0.05, 0) is 38.1 Å². The van der Waals surface area contributed by atoms with Crippen molar-refractivity contribution in [2.45, 2.75) is 20.3 Å². The van der Waals surface area contributed by atoms with E-state index < -0.39 is 0 Å². The summed E-state index contributed by atoms with van der Waals surface area (Å²) in [4.78, 5) is 2.31. The third-order valence-electron chi connectivity index (χ3n) is 3.70. The van der Waals surface area contributed by atoms with Gasteiger partial charge < -0.3 is 19.7 Å². The van der Waals surface area contributed by atoms with Gasteiger partial charge in [-0.1, -0.05) is 13.3 Å². The average molecular weight is 264 g/mol. The Hall–Kier alpha value is -1.42. The number of benzene rings is 1. The molecule has 1 heterocycles. The number of ether oxygens (including phenoxy) is 2. The predicted molar refractivity (Wildman–Crippen MR) is 78.3 cm³/mol. The lowest BCUT2D eigenvalue weighted by atomic mass is 10.1. The van der Waals surface area contributed by atoms with Crippen LogP contribution in [0.25, 0.3) is 0 Å². The number of hydrogen-bond donors (Lipinski definition) is 1. The van der Waals surface area contributed by atoms with Crippen LogP contribution in [0.2, 0.25) is 0 Å². The van der Waals surface area contributed by atoms with Gasteiger partial charge >= 0.3 is 0 Å². The maximum atomic E-state index is 5.46. The summed E-state index contributed by atoms with van der Waals surface area (Å²) in [6, 6.07) is 4.15. The number of fused-ring (bicyclic) bond motifs is 1. The Bertz CT molecular complexity index is 434. The molecule has 1 aromatic rings. The molecule has 0 aliphatic carbocycles. The van der Waals surface area contributed by atoms with Crippen LogP contribution >= 0.6 is 0 Å². The molecular formula is C15H24N2O2. The van der Waals surface area contributed by atoms with Crippen LogP contribution in [0.5, 0.6) is 11.5 Å². The monoisotopic (exact) mass is 264 g/mol. The standard InChI is InChI=1S/C15H24N2O2/c1-5-12(8-16-3)9-17(4)13-7-15-14(6-11(13)2)18-10-19-15/h6-7,12,16H,5,8-10H2,1-4H3. The second-order valence-electron chi connectivity index (χ2n) is 5.20. The molecule has 1 aromatic carbocycles. The highest BCUT2D eigenvalue weighted by molar-refractivity contribution is 5.62. The highest BCUT2D eigenvalue weighted by atomic mass is 16.7. The minimum absolute atomic E-state index is 0.333. The summed E-state index contributed by atoms with van der Waals surface area (Å²) < 4.78 is 10.9. The second-order valence-corrected chi connectivity index (χ2v) is 5.20. The van der Waals surface area contributed by atoms with Crippen LogP contribution in [-0.4, -0.2) is 34.0 Å². The molecule has 1 atom stereocenters. The van der Waals surface area contributed by atoms with Gasteiger partial charge in [0.25, 0.3) is 0 Å². The molecule has 1 unspecified atom stereocenters. The van der Waals surface area contributed by atoms with E-state index in [0.717, 1.165) is 24.6 Å². The van der Waals surface area contributed by atoms with E-state index in [1.165, 1.54) is 17.7 Å². The second kappa shape index (κ2) is 6.15. The van der Waals surface area contributed by atoms with E-state index in [1.54, 1.807) is 0 Å². The molecule has 106 valence electrons. The molecule has 0 spiro atoms. The Balaban J connectivity index is 2.12. The van der Waals surface area contributed by atoms with E-state index in [9.17, 15) is 0 Å².